The Balaban J connectivity index is 1.21. The molecule has 200 valence electrons. The van der Waals surface area contributed by atoms with Gasteiger partial charge in [0, 0.05) is 51.6 Å². The van der Waals surface area contributed by atoms with Crippen LogP contribution in [0.4, 0.5) is 11.4 Å². The number of rotatable bonds is 9. The van der Waals surface area contributed by atoms with Crippen molar-refractivity contribution in [3.05, 3.63) is 131 Å². The second kappa shape index (κ2) is 12.3. The van der Waals surface area contributed by atoms with Crippen molar-refractivity contribution in [3.8, 4) is 17.4 Å². The zero-order valence-corrected chi connectivity index (χ0v) is 23.4. The second-order valence-electron chi connectivity index (χ2n) is 9.30. The maximum atomic E-state index is 9.81. The Bertz CT molecular complexity index is 1850. The Labute approximate surface area is 247 Å². The number of aromatic nitrogens is 2. The molecule has 0 unspecified atom stereocenters. The van der Waals surface area contributed by atoms with E-state index < -0.39 is 0 Å². The molecule has 2 N–H and O–H groups in total. The molecule has 0 radical (unpaired) electrons. The van der Waals surface area contributed by atoms with Crippen LogP contribution in [0.15, 0.2) is 124 Å². The van der Waals surface area contributed by atoms with Gasteiger partial charge in [-0.25, -0.2) is 0 Å². The third-order valence-electron chi connectivity index (χ3n) is 6.49. The zero-order chi connectivity index (χ0) is 28.0. The number of furan rings is 1. The molecule has 3 heterocycles. The zero-order valence-electron chi connectivity index (χ0n) is 21.8. The maximum absolute atomic E-state index is 9.81. The summed E-state index contributed by atoms with van der Waals surface area (Å²) < 4.78 is 6.11. The summed E-state index contributed by atoms with van der Waals surface area (Å²) in [6, 6.07) is 32.0. The van der Waals surface area contributed by atoms with Crippen LogP contribution >= 0.6 is 23.4 Å². The van der Waals surface area contributed by atoms with Crippen LogP contribution in [-0.4, -0.2) is 9.97 Å². The minimum absolute atomic E-state index is 0.449. The molecular weight excluding hydrogens is 550 g/mol. The largest absolute Gasteiger partial charge is 0.460 e. The van der Waals surface area contributed by atoms with Crippen LogP contribution in [0.3, 0.4) is 0 Å². The number of halogens is 1. The number of pyridine rings is 2. The molecule has 0 bridgehead atoms. The van der Waals surface area contributed by atoms with Crippen molar-refractivity contribution in [2.45, 2.75) is 22.9 Å². The van der Waals surface area contributed by atoms with Crippen molar-refractivity contribution in [1.29, 1.82) is 5.26 Å². The van der Waals surface area contributed by atoms with Crippen molar-refractivity contribution in [2.75, 3.05) is 5.32 Å². The summed E-state index contributed by atoms with van der Waals surface area (Å²) in [4.78, 5) is 10.7. The molecular formula is C33H24ClN5OS. The van der Waals surface area contributed by atoms with Crippen molar-refractivity contribution < 1.29 is 4.42 Å². The highest BCUT2D eigenvalue weighted by molar-refractivity contribution is 7.99. The molecule has 0 atom stereocenters. The molecule has 0 aliphatic heterocycles. The maximum Gasteiger partial charge on any atom is 0.134 e. The lowest BCUT2D eigenvalue weighted by atomic mass is 10.1. The van der Waals surface area contributed by atoms with E-state index in [1.54, 1.807) is 30.4 Å². The summed E-state index contributed by atoms with van der Waals surface area (Å²) >= 11 is 8.24. The van der Waals surface area contributed by atoms with E-state index in [1.807, 2.05) is 91.0 Å². The fourth-order valence-electron chi connectivity index (χ4n) is 4.45. The van der Waals surface area contributed by atoms with Gasteiger partial charge in [0.1, 0.15) is 17.6 Å². The molecule has 6 nitrogen and oxygen atoms in total. The van der Waals surface area contributed by atoms with Crippen LogP contribution in [0.5, 0.6) is 0 Å². The van der Waals surface area contributed by atoms with Gasteiger partial charge < -0.3 is 15.1 Å². The van der Waals surface area contributed by atoms with Gasteiger partial charge >= 0.3 is 0 Å². The second-order valence-corrected chi connectivity index (χ2v) is 10.8. The lowest BCUT2D eigenvalue weighted by molar-refractivity contribution is 0.493. The number of hydrogen-bond acceptors (Lipinski definition) is 7. The lowest BCUT2D eigenvalue weighted by Crippen LogP contribution is -2.11. The predicted molar refractivity (Wildman–Crippen MR) is 164 cm³/mol. The number of nitrogens with zero attached hydrogens (tertiary/aromatic N) is 3. The SMILES string of the molecule is N#Cc1cnc2cc(-c3ccc(CNCc4ccncc4)o3)ccc2c1Nc1ccc(Sc2ccccc2)c(Cl)c1. The number of benzene rings is 3. The molecule has 3 aromatic carbocycles. The van der Waals surface area contributed by atoms with E-state index in [1.165, 1.54) is 0 Å². The smallest absolute Gasteiger partial charge is 0.134 e. The summed E-state index contributed by atoms with van der Waals surface area (Å²) in [5, 5.41) is 18.1. The molecule has 0 amide bonds. The molecule has 6 aromatic rings. The Hall–Kier alpha value is -4.61. The van der Waals surface area contributed by atoms with Gasteiger partial charge in [0.05, 0.1) is 28.3 Å². The monoisotopic (exact) mass is 573 g/mol. The van der Waals surface area contributed by atoms with Gasteiger partial charge in [0.15, 0.2) is 0 Å². The predicted octanol–water partition coefficient (Wildman–Crippen LogP) is 8.60. The molecule has 6 rings (SSSR count). The van der Waals surface area contributed by atoms with Gasteiger partial charge in [-0.05, 0) is 72.3 Å². The lowest BCUT2D eigenvalue weighted by Gasteiger charge is -2.13. The molecule has 0 spiro atoms. The van der Waals surface area contributed by atoms with E-state index in [2.05, 4.69) is 26.7 Å². The molecule has 8 heteroatoms. The van der Waals surface area contributed by atoms with E-state index in [0.29, 0.717) is 22.8 Å². The topological polar surface area (TPSA) is 86.8 Å². The van der Waals surface area contributed by atoms with Crippen LogP contribution in [0.25, 0.3) is 22.2 Å². The molecule has 0 aliphatic rings. The standard InChI is InChI=1S/C33H24ClN5OS/c34-29-17-25(7-11-32(29)41-27-4-2-1-3-5-27)39-33-24(18-35)20-38-30-16-23(6-9-28(30)33)31-10-8-26(40-31)21-37-19-22-12-14-36-15-13-22/h1-17,20,37H,19,21H2,(H,38,39). The van der Waals surface area contributed by atoms with Crippen LogP contribution in [0.1, 0.15) is 16.9 Å². The third kappa shape index (κ3) is 6.26. The Morgan fingerprint density at radius 1 is 0.902 bits per heavy atom. The number of fused-ring (bicyclic) bond motifs is 1. The van der Waals surface area contributed by atoms with E-state index >= 15 is 0 Å². The third-order valence-corrected chi connectivity index (χ3v) is 7.99. The van der Waals surface area contributed by atoms with Crippen molar-refractivity contribution in [3.63, 3.8) is 0 Å². The molecule has 0 fully saturated rings. The van der Waals surface area contributed by atoms with E-state index in [-0.39, 0.29) is 0 Å². The molecule has 0 saturated carbocycles. The summed E-state index contributed by atoms with van der Waals surface area (Å²) in [7, 11) is 0. The van der Waals surface area contributed by atoms with E-state index in [4.69, 9.17) is 16.0 Å². The highest BCUT2D eigenvalue weighted by atomic mass is 35.5. The number of nitrogens with one attached hydrogen (secondary N) is 2. The number of anilines is 2. The van der Waals surface area contributed by atoms with Gasteiger partial charge in [-0.3, -0.25) is 9.97 Å². The first-order valence-corrected chi connectivity index (χ1v) is 14.2. The fraction of sp³-hybridized carbons (Fsp3) is 0.0606. The fourth-order valence-corrected chi connectivity index (χ4v) is 5.58. The summed E-state index contributed by atoms with van der Waals surface area (Å²) in [5.74, 6) is 1.60. The summed E-state index contributed by atoms with van der Waals surface area (Å²) in [6.45, 7) is 1.34. The first kappa shape index (κ1) is 26.6. The Morgan fingerprint density at radius 2 is 1.76 bits per heavy atom. The average molecular weight is 574 g/mol. The van der Waals surface area contributed by atoms with Gasteiger partial charge in [-0.1, -0.05) is 47.6 Å². The molecule has 0 aliphatic carbocycles. The van der Waals surface area contributed by atoms with Crippen LogP contribution < -0.4 is 10.6 Å². The van der Waals surface area contributed by atoms with Gasteiger partial charge in [-0.2, -0.15) is 5.26 Å². The van der Waals surface area contributed by atoms with E-state index in [9.17, 15) is 5.26 Å². The molecule has 41 heavy (non-hydrogen) atoms. The number of hydrogen-bond donors (Lipinski definition) is 2. The first-order chi connectivity index (χ1) is 20.2. The molecule has 3 aromatic heterocycles. The summed E-state index contributed by atoms with van der Waals surface area (Å²) in [5.41, 5.74) is 4.74. The van der Waals surface area contributed by atoms with Crippen molar-refractivity contribution in [2.24, 2.45) is 0 Å². The van der Waals surface area contributed by atoms with Gasteiger partial charge in [0.2, 0.25) is 0 Å². The Morgan fingerprint density at radius 3 is 2.56 bits per heavy atom. The van der Waals surface area contributed by atoms with Crippen LogP contribution in [0, 0.1) is 11.3 Å². The van der Waals surface area contributed by atoms with Crippen LogP contribution in [0.2, 0.25) is 5.02 Å². The normalized spacial score (nSPS) is 10.9. The van der Waals surface area contributed by atoms with Crippen molar-refractivity contribution in [1.82, 2.24) is 15.3 Å². The minimum atomic E-state index is 0.449. The first-order valence-electron chi connectivity index (χ1n) is 13.0. The summed E-state index contributed by atoms with van der Waals surface area (Å²) in [6.07, 6.45) is 5.16. The minimum Gasteiger partial charge on any atom is -0.460 e. The Kier molecular flexibility index (Phi) is 7.97. The highest BCUT2D eigenvalue weighted by Crippen LogP contribution is 2.37. The van der Waals surface area contributed by atoms with Gasteiger partial charge in [0.25, 0.3) is 0 Å². The van der Waals surface area contributed by atoms with Gasteiger partial charge in [-0.15, -0.1) is 0 Å². The van der Waals surface area contributed by atoms with E-state index in [0.717, 1.165) is 55.6 Å². The van der Waals surface area contributed by atoms with Crippen LogP contribution in [-0.2, 0) is 13.1 Å². The highest BCUT2D eigenvalue weighted by Gasteiger charge is 2.13. The number of nitriles is 1. The average Bonchev–Trinajstić information content (AvgIpc) is 3.48. The molecule has 0 saturated heterocycles. The quantitative estimate of drug-likeness (QED) is 0.179. The van der Waals surface area contributed by atoms with Crippen molar-refractivity contribution >= 4 is 45.6 Å².